The molecule has 1 heterocycles. The summed E-state index contributed by atoms with van der Waals surface area (Å²) in [5, 5.41) is 11.1. The number of halogens is 1. The number of allylic oxidation sites excluding steroid dienone is 2. The molecule has 5 heteroatoms. The number of phenols is 1. The van der Waals surface area contributed by atoms with Crippen molar-refractivity contribution in [2.75, 3.05) is 6.54 Å². The van der Waals surface area contributed by atoms with Crippen LogP contribution in [0.5, 0.6) is 5.75 Å². The lowest BCUT2D eigenvalue weighted by atomic mass is 10.0. The van der Waals surface area contributed by atoms with E-state index in [1.807, 2.05) is 38.1 Å². The first-order chi connectivity index (χ1) is 12.1. The van der Waals surface area contributed by atoms with Gasteiger partial charge in [0.05, 0.1) is 0 Å². The van der Waals surface area contributed by atoms with Crippen molar-refractivity contribution in [3.8, 4) is 17.2 Å². The second kappa shape index (κ2) is 7.53. The Hall–Kier alpha value is -2.59. The zero-order valence-electron chi connectivity index (χ0n) is 14.2. The standard InChI is InChI=1S/C20H19ClN2O2/c1-3-5-6-16(22-4-2)15-9-7-13(11-18(15)24)20-23-17-12-14(21)8-10-19(17)25-20/h3,5,7-12,24H,4,6H2,1-2H3/b5-3-,22-16?. The van der Waals surface area contributed by atoms with Gasteiger partial charge in [-0.1, -0.05) is 23.8 Å². The third kappa shape index (κ3) is 3.74. The minimum absolute atomic E-state index is 0.162. The highest BCUT2D eigenvalue weighted by molar-refractivity contribution is 6.31. The molecule has 0 radical (unpaired) electrons. The predicted molar refractivity (Wildman–Crippen MR) is 103 cm³/mol. The average molecular weight is 355 g/mol. The number of rotatable bonds is 5. The van der Waals surface area contributed by atoms with Gasteiger partial charge in [0.2, 0.25) is 5.89 Å². The Balaban J connectivity index is 1.98. The molecule has 2 aromatic carbocycles. The number of aromatic nitrogens is 1. The fourth-order valence-electron chi connectivity index (χ4n) is 2.61. The first-order valence-corrected chi connectivity index (χ1v) is 8.54. The number of aliphatic imine (C=N–C) groups is 1. The molecule has 4 nitrogen and oxygen atoms in total. The van der Waals surface area contributed by atoms with Gasteiger partial charge in [-0.05, 0) is 50.2 Å². The number of benzene rings is 2. The second-order valence-corrected chi connectivity index (χ2v) is 5.99. The first-order valence-electron chi connectivity index (χ1n) is 8.16. The van der Waals surface area contributed by atoms with Gasteiger partial charge in [-0.25, -0.2) is 4.98 Å². The van der Waals surface area contributed by atoms with Crippen molar-refractivity contribution in [1.82, 2.24) is 4.98 Å². The van der Waals surface area contributed by atoms with Crippen LogP contribution >= 0.6 is 11.6 Å². The van der Waals surface area contributed by atoms with Crippen molar-refractivity contribution in [1.29, 1.82) is 0 Å². The minimum atomic E-state index is 0.162. The van der Waals surface area contributed by atoms with Crippen LogP contribution in [-0.4, -0.2) is 22.3 Å². The highest BCUT2D eigenvalue weighted by atomic mass is 35.5. The normalized spacial score (nSPS) is 12.4. The van der Waals surface area contributed by atoms with Gasteiger partial charge in [0.15, 0.2) is 5.58 Å². The van der Waals surface area contributed by atoms with Crippen molar-refractivity contribution in [3.05, 3.63) is 59.1 Å². The van der Waals surface area contributed by atoms with Gasteiger partial charge in [0.1, 0.15) is 11.3 Å². The molecule has 0 fully saturated rings. The molecule has 0 bridgehead atoms. The Kier molecular flexibility index (Phi) is 5.19. The zero-order valence-corrected chi connectivity index (χ0v) is 14.9. The Morgan fingerprint density at radius 2 is 2.12 bits per heavy atom. The van der Waals surface area contributed by atoms with Gasteiger partial charge in [0, 0.05) is 34.8 Å². The van der Waals surface area contributed by atoms with Crippen molar-refractivity contribution < 1.29 is 9.52 Å². The molecular formula is C20H19ClN2O2. The number of hydrogen-bond donors (Lipinski definition) is 1. The summed E-state index contributed by atoms with van der Waals surface area (Å²) in [4.78, 5) is 8.93. The molecule has 3 rings (SSSR count). The Bertz CT molecular complexity index is 957. The van der Waals surface area contributed by atoms with Gasteiger partial charge in [-0.15, -0.1) is 0 Å². The number of nitrogens with zero attached hydrogens (tertiary/aromatic N) is 2. The number of hydrogen-bond acceptors (Lipinski definition) is 4. The Morgan fingerprint density at radius 3 is 2.84 bits per heavy atom. The fourth-order valence-corrected chi connectivity index (χ4v) is 2.78. The van der Waals surface area contributed by atoms with Crippen LogP contribution in [0.1, 0.15) is 25.8 Å². The molecule has 0 atom stereocenters. The summed E-state index contributed by atoms with van der Waals surface area (Å²) in [5.41, 5.74) is 3.63. The van der Waals surface area contributed by atoms with E-state index in [-0.39, 0.29) is 5.75 Å². The van der Waals surface area contributed by atoms with Crippen LogP contribution in [0.2, 0.25) is 5.02 Å². The summed E-state index contributed by atoms with van der Waals surface area (Å²) in [6.45, 7) is 4.61. The maximum atomic E-state index is 10.5. The predicted octanol–water partition coefficient (Wildman–Crippen LogP) is 5.63. The van der Waals surface area contributed by atoms with Gasteiger partial charge in [-0.2, -0.15) is 0 Å². The quantitative estimate of drug-likeness (QED) is 0.477. The lowest BCUT2D eigenvalue weighted by Gasteiger charge is -2.08. The van der Waals surface area contributed by atoms with E-state index in [9.17, 15) is 5.11 Å². The van der Waals surface area contributed by atoms with Crippen LogP contribution in [0.3, 0.4) is 0 Å². The molecule has 3 aromatic rings. The van der Waals surface area contributed by atoms with E-state index < -0.39 is 0 Å². The summed E-state index contributed by atoms with van der Waals surface area (Å²) in [6.07, 6.45) is 4.67. The van der Waals surface area contributed by atoms with E-state index in [2.05, 4.69) is 9.98 Å². The molecule has 1 N–H and O–H groups in total. The SMILES string of the molecule is C/C=C\CC(=NCC)c1ccc(-c2nc3cc(Cl)ccc3o2)cc1O. The molecule has 0 saturated heterocycles. The Labute approximate surface area is 151 Å². The zero-order chi connectivity index (χ0) is 17.8. The van der Waals surface area contributed by atoms with Gasteiger partial charge < -0.3 is 9.52 Å². The molecule has 0 aliphatic carbocycles. The number of fused-ring (bicyclic) bond motifs is 1. The fraction of sp³-hybridized carbons (Fsp3) is 0.200. The monoisotopic (exact) mass is 354 g/mol. The van der Waals surface area contributed by atoms with Gasteiger partial charge in [-0.3, -0.25) is 4.99 Å². The molecule has 25 heavy (non-hydrogen) atoms. The molecule has 0 saturated carbocycles. The molecule has 0 unspecified atom stereocenters. The lowest BCUT2D eigenvalue weighted by Crippen LogP contribution is -2.01. The minimum Gasteiger partial charge on any atom is -0.507 e. The van der Waals surface area contributed by atoms with Crippen LogP contribution in [0.25, 0.3) is 22.6 Å². The van der Waals surface area contributed by atoms with Crippen LogP contribution in [0.15, 0.2) is 58.0 Å². The maximum Gasteiger partial charge on any atom is 0.227 e. The molecule has 0 amide bonds. The van der Waals surface area contributed by atoms with Crippen molar-refractivity contribution in [2.24, 2.45) is 4.99 Å². The van der Waals surface area contributed by atoms with E-state index in [4.69, 9.17) is 16.0 Å². The van der Waals surface area contributed by atoms with Crippen molar-refractivity contribution in [3.63, 3.8) is 0 Å². The summed E-state index contributed by atoms with van der Waals surface area (Å²) in [7, 11) is 0. The highest BCUT2D eigenvalue weighted by Gasteiger charge is 2.13. The van der Waals surface area contributed by atoms with E-state index in [0.29, 0.717) is 40.5 Å². The smallest absolute Gasteiger partial charge is 0.227 e. The number of oxazole rings is 1. The summed E-state index contributed by atoms with van der Waals surface area (Å²) < 4.78 is 5.75. The maximum absolute atomic E-state index is 10.5. The topological polar surface area (TPSA) is 58.6 Å². The van der Waals surface area contributed by atoms with Gasteiger partial charge >= 0.3 is 0 Å². The molecular weight excluding hydrogens is 336 g/mol. The molecule has 128 valence electrons. The summed E-state index contributed by atoms with van der Waals surface area (Å²) in [5.74, 6) is 0.607. The van der Waals surface area contributed by atoms with E-state index in [1.54, 1.807) is 24.3 Å². The molecule has 0 aliphatic heterocycles. The third-order valence-electron chi connectivity index (χ3n) is 3.80. The number of phenolic OH excluding ortho intramolecular Hbond substituents is 1. The van der Waals surface area contributed by atoms with Crippen LogP contribution in [0, 0.1) is 0 Å². The lowest BCUT2D eigenvalue weighted by molar-refractivity contribution is 0.474. The summed E-state index contributed by atoms with van der Waals surface area (Å²) in [6, 6.07) is 10.7. The first kappa shape index (κ1) is 17.2. The Morgan fingerprint density at radius 1 is 1.28 bits per heavy atom. The third-order valence-corrected chi connectivity index (χ3v) is 4.04. The highest BCUT2D eigenvalue weighted by Crippen LogP contribution is 2.30. The van der Waals surface area contributed by atoms with Crippen LogP contribution < -0.4 is 0 Å². The van der Waals surface area contributed by atoms with Crippen LogP contribution in [0.4, 0.5) is 0 Å². The largest absolute Gasteiger partial charge is 0.507 e. The molecule has 0 spiro atoms. The van der Waals surface area contributed by atoms with Crippen molar-refractivity contribution >= 4 is 28.4 Å². The molecule has 1 aromatic heterocycles. The van der Waals surface area contributed by atoms with Crippen molar-refractivity contribution in [2.45, 2.75) is 20.3 Å². The second-order valence-electron chi connectivity index (χ2n) is 5.56. The van der Waals surface area contributed by atoms with E-state index in [1.165, 1.54) is 0 Å². The number of aromatic hydroxyl groups is 1. The van der Waals surface area contributed by atoms with E-state index >= 15 is 0 Å². The average Bonchev–Trinajstić information content (AvgIpc) is 3.02. The van der Waals surface area contributed by atoms with Crippen LogP contribution in [-0.2, 0) is 0 Å². The molecule has 0 aliphatic rings. The van der Waals surface area contributed by atoms with Gasteiger partial charge in [0.25, 0.3) is 0 Å². The van der Waals surface area contributed by atoms with E-state index in [0.717, 1.165) is 11.3 Å². The summed E-state index contributed by atoms with van der Waals surface area (Å²) >= 11 is 5.99.